The van der Waals surface area contributed by atoms with Crippen LogP contribution in [0, 0.1) is 13.8 Å². The maximum atomic E-state index is 6.05. The summed E-state index contributed by atoms with van der Waals surface area (Å²) in [6.45, 7) is 4.15. The van der Waals surface area contributed by atoms with Crippen molar-refractivity contribution in [1.29, 1.82) is 0 Å². The molecule has 2 N–H and O–H groups in total. The minimum absolute atomic E-state index is 0.840. The predicted molar refractivity (Wildman–Crippen MR) is 75.1 cm³/mol. The van der Waals surface area contributed by atoms with Gasteiger partial charge in [-0.3, -0.25) is 0 Å². The molecule has 2 aromatic rings. The van der Waals surface area contributed by atoms with E-state index < -0.39 is 0 Å². The fourth-order valence-electron chi connectivity index (χ4n) is 1.85. The number of rotatable bonds is 1. The Morgan fingerprint density at radius 2 is 1.44 bits per heavy atom. The molecule has 2 aromatic carbocycles. The second-order valence-electron chi connectivity index (χ2n) is 4.18. The van der Waals surface area contributed by atoms with Crippen molar-refractivity contribution in [3.8, 4) is 11.1 Å². The normalized spacial score (nSPS) is 10.4. The molecular formula is C14H16NP. The Labute approximate surface area is 98.9 Å². The molecule has 0 aliphatic heterocycles. The molecular weight excluding hydrogens is 213 g/mol. The molecule has 1 atom stereocenters. The number of nitrogens with two attached hydrogens (primary N) is 1. The number of aryl methyl sites for hydroxylation is 2. The number of nitrogen functional groups attached to an aromatic ring is 1. The van der Waals surface area contributed by atoms with E-state index in [9.17, 15) is 0 Å². The molecule has 2 heteroatoms. The van der Waals surface area contributed by atoms with Crippen LogP contribution in [0.15, 0.2) is 36.4 Å². The molecule has 0 fully saturated rings. The summed E-state index contributed by atoms with van der Waals surface area (Å²) >= 11 is 0. The van der Waals surface area contributed by atoms with Crippen LogP contribution in [0.4, 0.5) is 5.69 Å². The molecule has 0 aromatic heterocycles. The third-order valence-corrected chi connectivity index (χ3v) is 3.18. The van der Waals surface area contributed by atoms with Crippen molar-refractivity contribution >= 4 is 20.2 Å². The maximum Gasteiger partial charge on any atom is 0.0396 e. The maximum absolute atomic E-state index is 6.05. The van der Waals surface area contributed by atoms with Gasteiger partial charge in [0.2, 0.25) is 0 Å². The first kappa shape index (κ1) is 11.2. The molecule has 82 valence electrons. The number of hydrogen-bond donors (Lipinski definition) is 1. The van der Waals surface area contributed by atoms with Gasteiger partial charge in [0.25, 0.3) is 0 Å². The highest BCUT2D eigenvalue weighted by Gasteiger charge is 2.05. The van der Waals surface area contributed by atoms with Crippen molar-refractivity contribution in [3.05, 3.63) is 47.5 Å². The Balaban J connectivity index is 2.59. The summed E-state index contributed by atoms with van der Waals surface area (Å²) in [5, 5.41) is 1.19. The Bertz CT molecular complexity index is 483. The summed E-state index contributed by atoms with van der Waals surface area (Å²) in [6.07, 6.45) is 0. The Morgan fingerprint density at radius 3 is 2.00 bits per heavy atom. The van der Waals surface area contributed by atoms with Crippen LogP contribution in [-0.2, 0) is 0 Å². The molecule has 0 heterocycles. The van der Waals surface area contributed by atoms with Gasteiger partial charge in [0, 0.05) is 11.3 Å². The zero-order valence-electron chi connectivity index (χ0n) is 9.62. The van der Waals surface area contributed by atoms with Crippen LogP contribution < -0.4 is 11.0 Å². The van der Waals surface area contributed by atoms with Gasteiger partial charge < -0.3 is 5.73 Å². The lowest BCUT2D eigenvalue weighted by Gasteiger charge is -2.10. The first-order chi connectivity index (χ1) is 7.58. The highest BCUT2D eigenvalue weighted by molar-refractivity contribution is 7.28. The molecule has 0 aliphatic carbocycles. The van der Waals surface area contributed by atoms with Crippen molar-refractivity contribution in [3.63, 3.8) is 0 Å². The van der Waals surface area contributed by atoms with E-state index in [0.717, 1.165) is 11.3 Å². The largest absolute Gasteiger partial charge is 0.398 e. The summed E-state index contributed by atoms with van der Waals surface area (Å²) in [7, 11) is 2.77. The van der Waals surface area contributed by atoms with E-state index in [1.165, 1.54) is 22.0 Å². The highest BCUT2D eigenvalue weighted by atomic mass is 31.0. The fourth-order valence-corrected chi connectivity index (χ4v) is 2.37. The molecule has 1 nitrogen and oxygen atoms in total. The van der Waals surface area contributed by atoms with E-state index in [4.69, 9.17) is 5.73 Å². The summed E-state index contributed by atoms with van der Waals surface area (Å²) < 4.78 is 0. The molecule has 0 bridgehead atoms. The van der Waals surface area contributed by atoms with Crippen molar-refractivity contribution in [2.45, 2.75) is 13.8 Å². The van der Waals surface area contributed by atoms with Crippen LogP contribution in [0.2, 0.25) is 0 Å². The van der Waals surface area contributed by atoms with E-state index in [2.05, 4.69) is 53.4 Å². The first-order valence-corrected chi connectivity index (χ1v) is 5.88. The molecule has 0 aliphatic rings. The predicted octanol–water partition coefficient (Wildman–Crippen LogP) is 3.05. The SMILES string of the molecule is Cc1ccc(-c2ccc(C)cc2P)c(N)c1. The van der Waals surface area contributed by atoms with Crippen LogP contribution in [0.1, 0.15) is 11.1 Å². The lowest BCUT2D eigenvalue weighted by atomic mass is 10.0. The van der Waals surface area contributed by atoms with E-state index in [0.29, 0.717) is 0 Å². The lowest BCUT2D eigenvalue weighted by Crippen LogP contribution is -2.00. The van der Waals surface area contributed by atoms with Crippen LogP contribution in [0.25, 0.3) is 11.1 Å². The van der Waals surface area contributed by atoms with Gasteiger partial charge >= 0.3 is 0 Å². The minimum atomic E-state index is 0.840. The molecule has 0 spiro atoms. The van der Waals surface area contributed by atoms with E-state index in [1.54, 1.807) is 0 Å². The van der Waals surface area contributed by atoms with Gasteiger partial charge in [-0.2, -0.15) is 0 Å². The third-order valence-electron chi connectivity index (χ3n) is 2.70. The van der Waals surface area contributed by atoms with Gasteiger partial charge in [-0.15, -0.1) is 9.24 Å². The lowest BCUT2D eigenvalue weighted by molar-refractivity contribution is 1.46. The molecule has 2 rings (SSSR count). The summed E-state index contributed by atoms with van der Waals surface area (Å²) in [6, 6.07) is 12.6. The second-order valence-corrected chi connectivity index (χ2v) is 4.80. The number of benzene rings is 2. The third kappa shape index (κ3) is 2.10. The average molecular weight is 229 g/mol. The van der Waals surface area contributed by atoms with E-state index in [1.807, 2.05) is 6.07 Å². The van der Waals surface area contributed by atoms with Crippen molar-refractivity contribution in [2.24, 2.45) is 0 Å². The Hall–Kier alpha value is -1.33. The quantitative estimate of drug-likeness (QED) is 0.590. The standard InChI is InChI=1S/C14H16NP/c1-9-3-5-11(13(15)7-9)12-6-4-10(2)8-14(12)16/h3-8H,15-16H2,1-2H3. The highest BCUT2D eigenvalue weighted by Crippen LogP contribution is 2.26. The summed E-state index contributed by atoms with van der Waals surface area (Å²) in [5.41, 5.74) is 11.6. The Kier molecular flexibility index (Phi) is 2.98. The molecule has 0 saturated carbocycles. The smallest absolute Gasteiger partial charge is 0.0396 e. The molecule has 16 heavy (non-hydrogen) atoms. The van der Waals surface area contributed by atoms with Gasteiger partial charge in [0.1, 0.15) is 0 Å². The van der Waals surface area contributed by atoms with Gasteiger partial charge in [0.15, 0.2) is 0 Å². The van der Waals surface area contributed by atoms with Crippen LogP contribution in [0.3, 0.4) is 0 Å². The van der Waals surface area contributed by atoms with Crippen molar-refractivity contribution in [2.75, 3.05) is 5.73 Å². The van der Waals surface area contributed by atoms with Crippen LogP contribution >= 0.6 is 9.24 Å². The van der Waals surface area contributed by atoms with Gasteiger partial charge in [-0.1, -0.05) is 35.9 Å². The van der Waals surface area contributed by atoms with Gasteiger partial charge in [-0.25, -0.2) is 0 Å². The summed E-state index contributed by atoms with van der Waals surface area (Å²) in [4.78, 5) is 0. The average Bonchev–Trinajstić information content (AvgIpc) is 2.19. The molecule has 0 radical (unpaired) electrons. The Morgan fingerprint density at radius 1 is 0.875 bits per heavy atom. The monoisotopic (exact) mass is 229 g/mol. The second kappa shape index (κ2) is 4.27. The topological polar surface area (TPSA) is 26.0 Å². The van der Waals surface area contributed by atoms with E-state index in [-0.39, 0.29) is 0 Å². The van der Waals surface area contributed by atoms with Crippen LogP contribution in [-0.4, -0.2) is 0 Å². The van der Waals surface area contributed by atoms with Gasteiger partial charge in [-0.05, 0) is 36.3 Å². The minimum Gasteiger partial charge on any atom is -0.398 e. The molecule has 1 unspecified atom stereocenters. The molecule has 0 amide bonds. The summed E-state index contributed by atoms with van der Waals surface area (Å²) in [5.74, 6) is 0. The molecule has 0 saturated heterocycles. The van der Waals surface area contributed by atoms with E-state index >= 15 is 0 Å². The van der Waals surface area contributed by atoms with Gasteiger partial charge in [0.05, 0.1) is 0 Å². The number of anilines is 1. The zero-order chi connectivity index (χ0) is 11.7. The fraction of sp³-hybridized carbons (Fsp3) is 0.143. The van der Waals surface area contributed by atoms with Crippen molar-refractivity contribution < 1.29 is 0 Å². The first-order valence-electron chi connectivity index (χ1n) is 5.30. The zero-order valence-corrected chi connectivity index (χ0v) is 10.8. The van der Waals surface area contributed by atoms with Crippen LogP contribution in [0.5, 0.6) is 0 Å². The number of hydrogen-bond acceptors (Lipinski definition) is 1. The van der Waals surface area contributed by atoms with Crippen molar-refractivity contribution in [1.82, 2.24) is 0 Å².